The van der Waals surface area contributed by atoms with Crippen LogP contribution in [0.4, 0.5) is 36.4 Å². The van der Waals surface area contributed by atoms with Crippen LogP contribution in [0.3, 0.4) is 0 Å². The van der Waals surface area contributed by atoms with Gasteiger partial charge in [-0.25, -0.2) is 0 Å². The quantitative estimate of drug-likeness (QED) is 0.309. The third kappa shape index (κ3) is 3.89. The molecule has 0 amide bonds. The number of nitro benzene ring substituents is 1. The molecular formula is C17H13F7NO2S. The molecule has 0 saturated heterocycles. The van der Waals surface area contributed by atoms with Crippen LogP contribution in [0.1, 0.15) is 19.4 Å². The summed E-state index contributed by atoms with van der Waals surface area (Å²) in [5.74, 6) is -6.36. The Labute approximate surface area is 159 Å². The molecule has 153 valence electrons. The van der Waals surface area contributed by atoms with Crippen molar-refractivity contribution in [3.05, 3.63) is 69.7 Å². The van der Waals surface area contributed by atoms with Crippen molar-refractivity contribution in [1.82, 2.24) is 0 Å². The zero-order chi connectivity index (χ0) is 21.5. The van der Waals surface area contributed by atoms with Crippen LogP contribution < -0.4 is 0 Å². The SMILES string of the molecule is CC1=CC(SC(F)(F)C(F)(F)C(F)(F)F)(c2ccccc2[N+](=O)[O-])C=C(C)[CH]1. The van der Waals surface area contributed by atoms with Crippen LogP contribution in [0.2, 0.25) is 0 Å². The molecule has 0 aliphatic heterocycles. The summed E-state index contributed by atoms with van der Waals surface area (Å²) < 4.78 is 91.0. The van der Waals surface area contributed by atoms with Gasteiger partial charge >= 0.3 is 17.4 Å². The van der Waals surface area contributed by atoms with Crippen molar-refractivity contribution < 1.29 is 35.7 Å². The van der Waals surface area contributed by atoms with Crippen LogP contribution >= 0.6 is 11.8 Å². The van der Waals surface area contributed by atoms with E-state index < -0.39 is 50.0 Å². The first-order valence-electron chi connectivity index (χ1n) is 7.63. The van der Waals surface area contributed by atoms with E-state index in [1.165, 1.54) is 32.4 Å². The van der Waals surface area contributed by atoms with Crippen LogP contribution in [0.5, 0.6) is 0 Å². The lowest BCUT2D eigenvalue weighted by Crippen LogP contribution is -2.51. The minimum Gasteiger partial charge on any atom is -0.258 e. The van der Waals surface area contributed by atoms with Gasteiger partial charge in [0.05, 0.1) is 15.2 Å². The molecule has 1 aliphatic rings. The second kappa shape index (κ2) is 7.09. The molecule has 0 unspecified atom stereocenters. The lowest BCUT2D eigenvalue weighted by atomic mass is 9.86. The minimum absolute atomic E-state index is 0.275. The van der Waals surface area contributed by atoms with E-state index in [0.29, 0.717) is 0 Å². The maximum atomic E-state index is 14.3. The summed E-state index contributed by atoms with van der Waals surface area (Å²) in [6.07, 6.45) is -3.01. The van der Waals surface area contributed by atoms with E-state index in [1.54, 1.807) is 0 Å². The first-order chi connectivity index (χ1) is 12.6. The number of alkyl halides is 7. The predicted molar refractivity (Wildman–Crippen MR) is 90.1 cm³/mol. The van der Waals surface area contributed by atoms with Crippen LogP contribution in [-0.2, 0) is 4.75 Å². The monoisotopic (exact) mass is 428 g/mol. The molecule has 0 saturated carbocycles. The van der Waals surface area contributed by atoms with E-state index in [1.807, 2.05) is 0 Å². The molecule has 0 spiro atoms. The molecular weight excluding hydrogens is 415 g/mol. The van der Waals surface area contributed by atoms with Gasteiger partial charge in [-0.1, -0.05) is 53.3 Å². The molecule has 1 radical (unpaired) electrons. The zero-order valence-electron chi connectivity index (χ0n) is 14.4. The van der Waals surface area contributed by atoms with Gasteiger partial charge in [0.2, 0.25) is 0 Å². The Kier molecular flexibility index (Phi) is 5.63. The van der Waals surface area contributed by atoms with E-state index in [4.69, 9.17) is 0 Å². The molecule has 0 fully saturated rings. The number of halogens is 7. The van der Waals surface area contributed by atoms with E-state index in [0.717, 1.165) is 24.3 Å². The smallest absolute Gasteiger partial charge is 0.258 e. The fourth-order valence-corrected chi connectivity index (χ4v) is 4.27. The Morgan fingerprint density at radius 1 is 0.964 bits per heavy atom. The number of para-hydroxylation sites is 1. The van der Waals surface area contributed by atoms with Gasteiger partial charge in [0.25, 0.3) is 5.69 Å². The summed E-state index contributed by atoms with van der Waals surface area (Å²) in [5.41, 5.74) is -0.570. The topological polar surface area (TPSA) is 43.1 Å². The third-order valence-electron chi connectivity index (χ3n) is 3.88. The van der Waals surface area contributed by atoms with Gasteiger partial charge in [-0.15, -0.1) is 0 Å². The van der Waals surface area contributed by atoms with E-state index in [2.05, 4.69) is 0 Å². The second-order valence-electron chi connectivity index (χ2n) is 6.18. The summed E-state index contributed by atoms with van der Waals surface area (Å²) in [6, 6.07) is 4.48. The van der Waals surface area contributed by atoms with Crippen molar-refractivity contribution in [3.8, 4) is 0 Å². The lowest BCUT2D eigenvalue weighted by Gasteiger charge is -2.37. The highest BCUT2D eigenvalue weighted by Gasteiger charge is 2.74. The van der Waals surface area contributed by atoms with E-state index in [-0.39, 0.29) is 11.1 Å². The Morgan fingerprint density at radius 2 is 1.46 bits per heavy atom. The van der Waals surface area contributed by atoms with E-state index >= 15 is 0 Å². The van der Waals surface area contributed by atoms with Gasteiger partial charge in [-0.2, -0.15) is 30.7 Å². The highest BCUT2D eigenvalue weighted by atomic mass is 32.2. The number of hydrogen-bond acceptors (Lipinski definition) is 3. The number of benzene rings is 1. The number of rotatable bonds is 5. The molecule has 1 aromatic carbocycles. The van der Waals surface area contributed by atoms with Crippen LogP contribution in [0.15, 0.2) is 47.6 Å². The molecule has 0 atom stereocenters. The van der Waals surface area contributed by atoms with Gasteiger partial charge in [0.15, 0.2) is 0 Å². The number of nitro groups is 1. The van der Waals surface area contributed by atoms with Gasteiger partial charge in [-0.3, -0.25) is 10.1 Å². The van der Waals surface area contributed by atoms with Crippen molar-refractivity contribution in [1.29, 1.82) is 0 Å². The molecule has 0 N–H and O–H groups in total. The van der Waals surface area contributed by atoms with Crippen molar-refractivity contribution in [2.24, 2.45) is 0 Å². The Hall–Kier alpha value is -2.04. The van der Waals surface area contributed by atoms with Crippen molar-refractivity contribution in [2.45, 2.75) is 35.9 Å². The summed E-state index contributed by atoms with van der Waals surface area (Å²) >= 11 is -0.984. The molecule has 0 bridgehead atoms. The first kappa shape index (κ1) is 22.3. The fraction of sp³-hybridized carbons (Fsp3) is 0.353. The van der Waals surface area contributed by atoms with Gasteiger partial charge in [0, 0.05) is 12.5 Å². The highest BCUT2D eigenvalue weighted by Crippen LogP contribution is 2.60. The standard InChI is InChI=1S/C17H13F7NO2S/c1-10-7-11(2)9-14(8-10,12-5-3-4-6-13(12)25(26)27)28-17(23,24)15(18,19)16(20,21)22/h3-9H,1-2H3. The lowest BCUT2D eigenvalue weighted by molar-refractivity contribution is -0.385. The Morgan fingerprint density at radius 3 is 1.93 bits per heavy atom. The fourth-order valence-electron chi connectivity index (χ4n) is 2.83. The van der Waals surface area contributed by atoms with Gasteiger partial charge in [0.1, 0.15) is 0 Å². The maximum Gasteiger partial charge on any atom is 0.460 e. The first-order valence-corrected chi connectivity index (χ1v) is 8.45. The molecule has 3 nitrogen and oxygen atoms in total. The Balaban J connectivity index is 2.74. The average Bonchev–Trinajstić information content (AvgIpc) is 2.52. The van der Waals surface area contributed by atoms with Crippen molar-refractivity contribution >= 4 is 17.4 Å². The molecule has 2 rings (SSSR count). The van der Waals surface area contributed by atoms with Gasteiger partial charge in [-0.05, 0) is 13.8 Å². The van der Waals surface area contributed by atoms with Crippen molar-refractivity contribution in [3.63, 3.8) is 0 Å². The minimum atomic E-state index is -6.51. The highest BCUT2D eigenvalue weighted by molar-refractivity contribution is 8.01. The number of thioether (sulfide) groups is 1. The zero-order valence-corrected chi connectivity index (χ0v) is 15.2. The molecule has 1 aromatic rings. The Bertz CT molecular complexity index is 828. The van der Waals surface area contributed by atoms with Crippen LogP contribution in [0.25, 0.3) is 0 Å². The predicted octanol–water partition coefficient (Wildman–Crippen LogP) is 6.42. The summed E-state index contributed by atoms with van der Waals surface area (Å²) in [5, 5.41) is 5.71. The van der Waals surface area contributed by atoms with Crippen molar-refractivity contribution in [2.75, 3.05) is 0 Å². The molecule has 0 heterocycles. The molecule has 11 heteroatoms. The average molecular weight is 428 g/mol. The summed E-state index contributed by atoms with van der Waals surface area (Å²) in [6.45, 7) is 2.83. The van der Waals surface area contributed by atoms with Crippen LogP contribution in [-0.4, -0.2) is 22.3 Å². The van der Waals surface area contributed by atoms with E-state index in [9.17, 15) is 40.8 Å². The molecule has 28 heavy (non-hydrogen) atoms. The number of hydrogen-bond donors (Lipinski definition) is 0. The molecule has 1 aliphatic carbocycles. The van der Waals surface area contributed by atoms with Gasteiger partial charge < -0.3 is 0 Å². The normalized spacial score (nSPS) is 17.8. The maximum absolute atomic E-state index is 14.3. The summed E-state index contributed by atoms with van der Waals surface area (Å²) in [7, 11) is 0. The third-order valence-corrected chi connectivity index (χ3v) is 5.19. The summed E-state index contributed by atoms with van der Waals surface area (Å²) in [4.78, 5) is 10.4. The van der Waals surface area contributed by atoms with Crippen LogP contribution in [0, 0.1) is 16.5 Å². The second-order valence-corrected chi connectivity index (χ2v) is 7.57. The number of allylic oxidation sites excluding steroid dienone is 2. The number of nitrogens with zero attached hydrogens (tertiary/aromatic N) is 1. The largest absolute Gasteiger partial charge is 0.460 e. The molecule has 0 aromatic heterocycles.